The van der Waals surface area contributed by atoms with E-state index in [-0.39, 0.29) is 0 Å². The summed E-state index contributed by atoms with van der Waals surface area (Å²) in [6.07, 6.45) is 1.65. The molecule has 0 aliphatic rings. The molecule has 0 N–H and O–H groups in total. The van der Waals surface area contributed by atoms with E-state index in [1.807, 2.05) is 60.7 Å². The molecule has 0 saturated carbocycles. The summed E-state index contributed by atoms with van der Waals surface area (Å²) in [5, 5.41) is 1.12. The second kappa shape index (κ2) is 4.87. The number of rotatable bonds is 2. The predicted octanol–water partition coefficient (Wildman–Crippen LogP) is 4.56. The van der Waals surface area contributed by atoms with Gasteiger partial charge >= 0.3 is 0 Å². The number of benzene rings is 2. The maximum Gasteiger partial charge on any atom is 0.226 e. The Balaban J connectivity index is 1.77. The van der Waals surface area contributed by atoms with Crippen LogP contribution in [0.2, 0.25) is 0 Å². The van der Waals surface area contributed by atoms with Crippen molar-refractivity contribution in [3.8, 4) is 22.8 Å². The fourth-order valence-electron chi connectivity index (χ4n) is 2.31. The van der Waals surface area contributed by atoms with Crippen molar-refractivity contribution in [2.24, 2.45) is 0 Å². The molecule has 100 valence electrons. The second-order valence-electron chi connectivity index (χ2n) is 4.79. The first-order valence-corrected chi connectivity index (χ1v) is 6.77. The Morgan fingerprint density at radius 3 is 2.38 bits per heavy atom. The van der Waals surface area contributed by atoms with Crippen molar-refractivity contribution in [2.45, 2.75) is 0 Å². The molecule has 0 unspecified atom stereocenters. The van der Waals surface area contributed by atoms with Gasteiger partial charge in [0.25, 0.3) is 0 Å². The summed E-state index contributed by atoms with van der Waals surface area (Å²) >= 11 is 0. The van der Waals surface area contributed by atoms with Crippen molar-refractivity contribution in [1.29, 1.82) is 0 Å². The summed E-state index contributed by atoms with van der Waals surface area (Å²) in [5.41, 5.74) is 3.49. The van der Waals surface area contributed by atoms with E-state index >= 15 is 0 Å². The van der Waals surface area contributed by atoms with Gasteiger partial charge < -0.3 is 4.42 Å². The largest absolute Gasteiger partial charge is 0.444 e. The second-order valence-corrected chi connectivity index (χ2v) is 4.79. The molecule has 0 atom stereocenters. The predicted molar refractivity (Wildman–Crippen MR) is 82.7 cm³/mol. The van der Waals surface area contributed by atoms with Crippen LogP contribution in [0.25, 0.3) is 33.7 Å². The van der Waals surface area contributed by atoms with Gasteiger partial charge in [-0.3, -0.25) is 0 Å². The van der Waals surface area contributed by atoms with Crippen molar-refractivity contribution < 1.29 is 4.42 Å². The molecule has 3 heteroatoms. The van der Waals surface area contributed by atoms with E-state index in [1.165, 1.54) is 0 Å². The Kier molecular flexibility index (Phi) is 2.75. The van der Waals surface area contributed by atoms with Crippen LogP contribution in [-0.4, -0.2) is 9.97 Å². The standard InChI is InChI=1S/C18H12N2O/c1-2-7-14(8-3-1)18-20-17(12-21-18)16-11-10-13-6-4-5-9-15(13)19-16/h1-12H. The van der Waals surface area contributed by atoms with Crippen LogP contribution in [0.1, 0.15) is 0 Å². The van der Waals surface area contributed by atoms with E-state index in [0.717, 1.165) is 27.9 Å². The molecule has 2 heterocycles. The lowest BCUT2D eigenvalue weighted by atomic mass is 10.2. The summed E-state index contributed by atoms with van der Waals surface area (Å²) in [5.74, 6) is 0.612. The third-order valence-corrected chi connectivity index (χ3v) is 3.39. The van der Waals surface area contributed by atoms with E-state index in [2.05, 4.69) is 16.0 Å². The maximum absolute atomic E-state index is 5.57. The third-order valence-electron chi connectivity index (χ3n) is 3.39. The van der Waals surface area contributed by atoms with E-state index < -0.39 is 0 Å². The van der Waals surface area contributed by atoms with Crippen LogP contribution in [0.3, 0.4) is 0 Å². The minimum atomic E-state index is 0.612. The highest BCUT2D eigenvalue weighted by Crippen LogP contribution is 2.24. The molecule has 0 amide bonds. The van der Waals surface area contributed by atoms with Crippen LogP contribution < -0.4 is 0 Å². The molecule has 0 aliphatic carbocycles. The monoisotopic (exact) mass is 272 g/mol. The van der Waals surface area contributed by atoms with Crippen molar-refractivity contribution >= 4 is 10.9 Å². The van der Waals surface area contributed by atoms with Crippen LogP contribution in [-0.2, 0) is 0 Å². The average molecular weight is 272 g/mol. The average Bonchev–Trinajstić information content (AvgIpc) is 3.05. The van der Waals surface area contributed by atoms with Crippen LogP contribution in [0, 0.1) is 0 Å². The highest BCUT2D eigenvalue weighted by atomic mass is 16.3. The Hall–Kier alpha value is -2.94. The molecule has 2 aromatic carbocycles. The van der Waals surface area contributed by atoms with Gasteiger partial charge in [-0.1, -0.05) is 42.5 Å². The maximum atomic E-state index is 5.57. The quantitative estimate of drug-likeness (QED) is 0.537. The summed E-state index contributed by atoms with van der Waals surface area (Å²) in [6.45, 7) is 0. The zero-order valence-corrected chi connectivity index (χ0v) is 11.2. The van der Waals surface area contributed by atoms with Crippen molar-refractivity contribution in [3.05, 3.63) is 73.0 Å². The van der Waals surface area contributed by atoms with E-state index in [9.17, 15) is 0 Å². The number of hydrogen-bond acceptors (Lipinski definition) is 3. The molecule has 3 nitrogen and oxygen atoms in total. The summed E-state index contributed by atoms with van der Waals surface area (Å²) in [6, 6.07) is 21.9. The number of aromatic nitrogens is 2. The number of hydrogen-bond donors (Lipinski definition) is 0. The van der Waals surface area contributed by atoms with Crippen LogP contribution in [0.15, 0.2) is 77.4 Å². The lowest BCUT2D eigenvalue weighted by molar-refractivity contribution is 0.575. The lowest BCUT2D eigenvalue weighted by Crippen LogP contribution is -1.85. The highest BCUT2D eigenvalue weighted by Gasteiger charge is 2.09. The van der Waals surface area contributed by atoms with Crippen LogP contribution in [0.4, 0.5) is 0 Å². The summed E-state index contributed by atoms with van der Waals surface area (Å²) in [4.78, 5) is 9.16. The van der Waals surface area contributed by atoms with Gasteiger partial charge in [-0.05, 0) is 24.3 Å². The molecule has 0 radical (unpaired) electrons. The first-order chi connectivity index (χ1) is 10.4. The van der Waals surface area contributed by atoms with E-state index in [4.69, 9.17) is 4.42 Å². The summed E-state index contributed by atoms with van der Waals surface area (Å²) in [7, 11) is 0. The van der Waals surface area contributed by atoms with Crippen molar-refractivity contribution in [3.63, 3.8) is 0 Å². The van der Waals surface area contributed by atoms with Gasteiger partial charge in [-0.2, -0.15) is 0 Å². The first kappa shape index (κ1) is 11.9. The van der Waals surface area contributed by atoms with E-state index in [0.29, 0.717) is 5.89 Å². The minimum absolute atomic E-state index is 0.612. The molecular weight excluding hydrogens is 260 g/mol. The highest BCUT2D eigenvalue weighted by molar-refractivity contribution is 5.81. The molecular formula is C18H12N2O. The Morgan fingerprint density at radius 2 is 1.48 bits per heavy atom. The zero-order chi connectivity index (χ0) is 14.1. The smallest absolute Gasteiger partial charge is 0.226 e. The zero-order valence-electron chi connectivity index (χ0n) is 11.2. The van der Waals surface area contributed by atoms with Gasteiger partial charge in [-0.25, -0.2) is 9.97 Å². The number of oxazole rings is 1. The topological polar surface area (TPSA) is 38.9 Å². The van der Waals surface area contributed by atoms with Gasteiger partial charge in [-0.15, -0.1) is 0 Å². The summed E-state index contributed by atoms with van der Waals surface area (Å²) < 4.78 is 5.57. The SMILES string of the molecule is c1ccc(-c2nc(-c3ccc4ccccc4n3)co2)cc1. The molecule has 0 spiro atoms. The first-order valence-electron chi connectivity index (χ1n) is 6.77. The molecule has 4 rings (SSSR count). The van der Waals surface area contributed by atoms with Crippen molar-refractivity contribution in [2.75, 3.05) is 0 Å². The molecule has 2 aromatic heterocycles. The van der Waals surface area contributed by atoms with Gasteiger partial charge in [0.05, 0.1) is 11.2 Å². The third kappa shape index (κ3) is 2.19. The fraction of sp³-hybridized carbons (Fsp3) is 0. The van der Waals surface area contributed by atoms with Gasteiger partial charge in [0, 0.05) is 10.9 Å². The normalized spacial score (nSPS) is 10.9. The van der Waals surface area contributed by atoms with Gasteiger partial charge in [0.1, 0.15) is 12.0 Å². The Labute approximate surface area is 121 Å². The number of pyridine rings is 1. The molecule has 4 aromatic rings. The molecule has 0 fully saturated rings. The van der Waals surface area contributed by atoms with Crippen molar-refractivity contribution in [1.82, 2.24) is 9.97 Å². The van der Waals surface area contributed by atoms with Crippen LogP contribution in [0.5, 0.6) is 0 Å². The molecule has 21 heavy (non-hydrogen) atoms. The molecule has 0 aliphatic heterocycles. The lowest BCUT2D eigenvalue weighted by Gasteiger charge is -1.99. The number of para-hydroxylation sites is 1. The number of nitrogens with zero attached hydrogens (tertiary/aromatic N) is 2. The number of fused-ring (bicyclic) bond motifs is 1. The van der Waals surface area contributed by atoms with Gasteiger partial charge in [0.2, 0.25) is 5.89 Å². The van der Waals surface area contributed by atoms with Crippen LogP contribution >= 0.6 is 0 Å². The molecule has 0 saturated heterocycles. The Bertz CT molecular complexity index is 897. The fourth-order valence-corrected chi connectivity index (χ4v) is 2.31. The van der Waals surface area contributed by atoms with E-state index in [1.54, 1.807) is 6.26 Å². The minimum Gasteiger partial charge on any atom is -0.444 e. The molecule has 0 bridgehead atoms. The Morgan fingerprint density at radius 1 is 0.667 bits per heavy atom. The van der Waals surface area contributed by atoms with Gasteiger partial charge in [0.15, 0.2) is 0 Å².